The summed E-state index contributed by atoms with van der Waals surface area (Å²) in [5.74, 6) is -1.74. The normalized spacial score (nSPS) is 23.1. The van der Waals surface area contributed by atoms with Gasteiger partial charge in [-0.05, 0) is 19.4 Å². The number of aliphatic carboxylic acids is 1. The van der Waals surface area contributed by atoms with E-state index in [0.29, 0.717) is 13.0 Å². The molecule has 0 radical (unpaired) electrons. The number of hydrogen-bond donors (Lipinski definition) is 1. The van der Waals surface area contributed by atoms with Gasteiger partial charge in [0.15, 0.2) is 0 Å². The van der Waals surface area contributed by atoms with E-state index in [2.05, 4.69) is 4.42 Å². The van der Waals surface area contributed by atoms with Crippen LogP contribution in [-0.2, 0) is 4.79 Å². The van der Waals surface area contributed by atoms with Crippen molar-refractivity contribution >= 4 is 11.9 Å². The van der Waals surface area contributed by atoms with Crippen molar-refractivity contribution in [2.45, 2.75) is 19.4 Å². The summed E-state index contributed by atoms with van der Waals surface area (Å²) in [5.41, 5.74) is -0.267. The van der Waals surface area contributed by atoms with Crippen LogP contribution in [0.15, 0.2) is 27.6 Å². The largest absolute Gasteiger partial charge is 0.481 e. The van der Waals surface area contributed by atoms with Gasteiger partial charge in [-0.25, -0.2) is 4.79 Å². The maximum atomic E-state index is 12.1. The van der Waals surface area contributed by atoms with Crippen LogP contribution >= 0.6 is 0 Å². The molecule has 1 saturated heterocycles. The monoisotopic (exact) mass is 251 g/mol. The molecule has 1 aliphatic heterocycles. The predicted octanol–water partition coefficient (Wildman–Crippen LogP) is 0.575. The number of carbonyl (C=O) groups excluding carboxylic acids is 1. The van der Waals surface area contributed by atoms with Gasteiger partial charge in [0.1, 0.15) is 6.26 Å². The third kappa shape index (κ3) is 2.13. The van der Waals surface area contributed by atoms with Crippen molar-refractivity contribution in [1.82, 2.24) is 4.90 Å². The summed E-state index contributed by atoms with van der Waals surface area (Å²) < 4.78 is 4.63. The highest BCUT2D eigenvalue weighted by Crippen LogP contribution is 2.25. The summed E-state index contributed by atoms with van der Waals surface area (Å²) in [7, 11) is 0. The average molecular weight is 251 g/mol. The molecule has 1 fully saturated rings. The fourth-order valence-corrected chi connectivity index (χ4v) is 2.20. The second-order valence-corrected chi connectivity index (χ2v) is 4.32. The van der Waals surface area contributed by atoms with E-state index >= 15 is 0 Å². The number of carboxylic acids is 1. The molecule has 6 nitrogen and oxygen atoms in total. The van der Waals surface area contributed by atoms with Gasteiger partial charge < -0.3 is 14.4 Å². The van der Waals surface area contributed by atoms with E-state index in [9.17, 15) is 14.4 Å². The fraction of sp³-hybridized carbons (Fsp3) is 0.417. The Morgan fingerprint density at radius 3 is 2.67 bits per heavy atom. The van der Waals surface area contributed by atoms with Crippen LogP contribution in [0.25, 0.3) is 0 Å². The molecule has 0 saturated carbocycles. The van der Waals surface area contributed by atoms with Gasteiger partial charge in [0.25, 0.3) is 5.91 Å². The number of carbonyl (C=O) groups is 2. The number of carboxylic acid groups (broad SMARTS) is 1. The van der Waals surface area contributed by atoms with Crippen molar-refractivity contribution in [3.63, 3.8) is 0 Å². The highest BCUT2D eigenvalue weighted by atomic mass is 16.4. The summed E-state index contributed by atoms with van der Waals surface area (Å²) >= 11 is 0. The molecule has 0 bridgehead atoms. The Hall–Kier alpha value is -2.11. The number of likely N-dealkylation sites (tertiary alicyclic amines) is 1. The second-order valence-electron chi connectivity index (χ2n) is 4.32. The van der Waals surface area contributed by atoms with Gasteiger partial charge >= 0.3 is 11.6 Å². The molecule has 96 valence electrons. The van der Waals surface area contributed by atoms with Gasteiger partial charge in [-0.3, -0.25) is 9.59 Å². The Morgan fingerprint density at radius 2 is 2.17 bits per heavy atom. The molecule has 6 heteroatoms. The molecule has 2 atom stereocenters. The van der Waals surface area contributed by atoms with Crippen LogP contribution in [0, 0.1) is 5.92 Å². The molecule has 2 unspecified atom stereocenters. The minimum absolute atomic E-state index is 0.257. The minimum atomic E-state index is -0.891. The van der Waals surface area contributed by atoms with Crippen LogP contribution in [0.5, 0.6) is 0 Å². The van der Waals surface area contributed by atoms with Crippen LogP contribution < -0.4 is 5.63 Å². The first-order chi connectivity index (χ1) is 8.50. The zero-order chi connectivity index (χ0) is 13.3. The molecule has 0 aliphatic carbocycles. The molecule has 1 N–H and O–H groups in total. The van der Waals surface area contributed by atoms with Crippen molar-refractivity contribution in [3.8, 4) is 0 Å². The second kappa shape index (κ2) is 4.64. The van der Waals surface area contributed by atoms with Crippen molar-refractivity contribution in [3.05, 3.63) is 34.4 Å². The standard InChI is InChI=1S/C12H13NO5/c1-7-9(12(16)17)4-5-13(7)11(15)8-2-3-10(14)18-6-8/h2-3,6-7,9H,4-5H2,1H3,(H,16,17). The first-order valence-electron chi connectivity index (χ1n) is 5.63. The van der Waals surface area contributed by atoms with Gasteiger partial charge in [0.2, 0.25) is 0 Å². The van der Waals surface area contributed by atoms with Crippen LogP contribution in [0.3, 0.4) is 0 Å². The molecular formula is C12H13NO5. The van der Waals surface area contributed by atoms with E-state index in [4.69, 9.17) is 5.11 Å². The number of amides is 1. The maximum absolute atomic E-state index is 12.1. The van der Waals surface area contributed by atoms with E-state index in [0.717, 1.165) is 6.26 Å². The third-order valence-electron chi connectivity index (χ3n) is 3.28. The third-order valence-corrected chi connectivity index (χ3v) is 3.28. The molecule has 18 heavy (non-hydrogen) atoms. The number of rotatable bonds is 2. The van der Waals surface area contributed by atoms with Crippen LogP contribution in [-0.4, -0.2) is 34.5 Å². The molecule has 0 aromatic carbocycles. The Kier molecular flexibility index (Phi) is 3.18. The Bertz CT molecular complexity index is 515. The molecule has 2 heterocycles. The summed E-state index contributed by atoms with van der Waals surface area (Å²) in [6.45, 7) is 2.11. The SMILES string of the molecule is CC1C(C(=O)O)CCN1C(=O)c1ccc(=O)oc1. The lowest BCUT2D eigenvalue weighted by Crippen LogP contribution is -2.37. The molecule has 1 aromatic rings. The van der Waals surface area contributed by atoms with E-state index in [1.807, 2.05) is 0 Å². The highest BCUT2D eigenvalue weighted by molar-refractivity contribution is 5.94. The summed E-state index contributed by atoms with van der Waals surface area (Å²) in [4.78, 5) is 35.4. The number of nitrogens with zero attached hydrogens (tertiary/aromatic N) is 1. The molecule has 1 aliphatic rings. The Balaban J connectivity index is 2.18. The number of hydrogen-bond acceptors (Lipinski definition) is 4. The lowest BCUT2D eigenvalue weighted by molar-refractivity contribution is -0.142. The molecular weight excluding hydrogens is 238 g/mol. The van der Waals surface area contributed by atoms with Gasteiger partial charge in [-0.1, -0.05) is 0 Å². The Morgan fingerprint density at radius 1 is 1.44 bits per heavy atom. The quantitative estimate of drug-likeness (QED) is 0.830. The first-order valence-corrected chi connectivity index (χ1v) is 5.63. The van der Waals surface area contributed by atoms with Crippen LogP contribution in [0.4, 0.5) is 0 Å². The topological polar surface area (TPSA) is 87.8 Å². The molecule has 1 amide bonds. The summed E-state index contributed by atoms with van der Waals surface area (Å²) in [6, 6.07) is 2.19. The molecule has 2 rings (SSSR count). The van der Waals surface area contributed by atoms with E-state index < -0.39 is 17.5 Å². The van der Waals surface area contributed by atoms with Crippen LogP contribution in [0.2, 0.25) is 0 Å². The zero-order valence-corrected chi connectivity index (χ0v) is 9.83. The minimum Gasteiger partial charge on any atom is -0.481 e. The Labute approximate surface area is 103 Å². The lowest BCUT2D eigenvalue weighted by Gasteiger charge is -2.22. The van der Waals surface area contributed by atoms with Gasteiger partial charge in [0, 0.05) is 18.7 Å². The van der Waals surface area contributed by atoms with E-state index in [1.54, 1.807) is 6.92 Å². The average Bonchev–Trinajstić information content (AvgIpc) is 2.71. The van der Waals surface area contributed by atoms with Crippen LogP contribution in [0.1, 0.15) is 23.7 Å². The van der Waals surface area contributed by atoms with Gasteiger partial charge in [-0.15, -0.1) is 0 Å². The lowest BCUT2D eigenvalue weighted by atomic mass is 10.0. The summed E-state index contributed by atoms with van der Waals surface area (Å²) in [6.07, 6.45) is 1.55. The summed E-state index contributed by atoms with van der Waals surface area (Å²) in [5, 5.41) is 8.99. The smallest absolute Gasteiger partial charge is 0.335 e. The highest BCUT2D eigenvalue weighted by Gasteiger charge is 2.38. The molecule has 1 aromatic heterocycles. The van der Waals surface area contributed by atoms with Crippen molar-refractivity contribution in [2.24, 2.45) is 5.92 Å². The van der Waals surface area contributed by atoms with E-state index in [-0.39, 0.29) is 17.5 Å². The molecule has 0 spiro atoms. The van der Waals surface area contributed by atoms with Gasteiger partial charge in [-0.2, -0.15) is 0 Å². The fourth-order valence-electron chi connectivity index (χ4n) is 2.20. The predicted molar refractivity (Wildman–Crippen MR) is 61.2 cm³/mol. The van der Waals surface area contributed by atoms with Crippen molar-refractivity contribution < 1.29 is 19.1 Å². The van der Waals surface area contributed by atoms with Crippen molar-refractivity contribution in [1.29, 1.82) is 0 Å². The van der Waals surface area contributed by atoms with E-state index in [1.165, 1.54) is 17.0 Å². The van der Waals surface area contributed by atoms with Gasteiger partial charge in [0.05, 0.1) is 11.5 Å². The maximum Gasteiger partial charge on any atom is 0.335 e. The zero-order valence-electron chi connectivity index (χ0n) is 9.83. The first kappa shape index (κ1) is 12.3. The van der Waals surface area contributed by atoms with Crippen molar-refractivity contribution in [2.75, 3.05) is 6.54 Å².